The molecular weight excluding hydrogens is 238 g/mol. The Morgan fingerprint density at radius 2 is 2.28 bits per heavy atom. The van der Waals surface area contributed by atoms with Crippen molar-refractivity contribution in [3.05, 3.63) is 33.9 Å². The number of hydrogen-bond donors (Lipinski definition) is 2. The fourth-order valence-electron chi connectivity index (χ4n) is 1.46. The van der Waals surface area contributed by atoms with Crippen molar-refractivity contribution in [1.29, 1.82) is 0 Å². The predicted molar refractivity (Wildman–Crippen MR) is 66.3 cm³/mol. The first-order valence-electron chi connectivity index (χ1n) is 5.29. The van der Waals surface area contributed by atoms with Crippen LogP contribution in [-0.4, -0.2) is 30.6 Å². The monoisotopic (exact) mass is 253 g/mol. The highest BCUT2D eigenvalue weighted by Crippen LogP contribution is 2.21. The molecule has 0 fully saturated rings. The van der Waals surface area contributed by atoms with Crippen LogP contribution in [0.3, 0.4) is 0 Å². The van der Waals surface area contributed by atoms with Gasteiger partial charge in [-0.2, -0.15) is 0 Å². The lowest BCUT2D eigenvalue weighted by Crippen LogP contribution is -2.35. The highest BCUT2D eigenvalue weighted by molar-refractivity contribution is 5.95. The maximum Gasteiger partial charge on any atom is 0.292 e. The molecule has 1 amide bonds. The number of amides is 1. The summed E-state index contributed by atoms with van der Waals surface area (Å²) < 4.78 is 4.89. The Morgan fingerprint density at radius 3 is 2.78 bits per heavy atom. The van der Waals surface area contributed by atoms with Gasteiger partial charge in [0.25, 0.3) is 11.6 Å². The highest BCUT2D eigenvalue weighted by atomic mass is 16.6. The molecule has 0 saturated carbocycles. The average Bonchev–Trinajstić information content (AvgIpc) is 2.28. The minimum Gasteiger partial charge on any atom is -0.393 e. The number of nitrogens with one attached hydrogen (secondary N) is 1. The van der Waals surface area contributed by atoms with E-state index in [0.717, 1.165) is 0 Å². The standard InChI is InChI=1S/C11H15N3O4/c1-7(6-18-2)13-11(15)8-3-4-10(14(16)17)9(12)5-8/h3-5,7H,6,12H2,1-2H3,(H,13,15). The van der Waals surface area contributed by atoms with E-state index in [1.807, 2.05) is 0 Å². The van der Waals surface area contributed by atoms with Gasteiger partial charge in [-0.25, -0.2) is 0 Å². The largest absolute Gasteiger partial charge is 0.393 e. The number of carbonyl (C=O) groups is 1. The van der Waals surface area contributed by atoms with Crippen LogP contribution in [0.4, 0.5) is 11.4 Å². The number of anilines is 1. The average molecular weight is 253 g/mol. The first-order chi connectivity index (χ1) is 8.45. The van der Waals surface area contributed by atoms with Crippen LogP contribution in [-0.2, 0) is 4.74 Å². The first kappa shape index (κ1) is 13.9. The molecule has 0 aliphatic rings. The fraction of sp³-hybridized carbons (Fsp3) is 0.364. The number of methoxy groups -OCH3 is 1. The van der Waals surface area contributed by atoms with Crippen molar-refractivity contribution in [2.75, 3.05) is 19.5 Å². The molecule has 0 aliphatic carbocycles. The van der Waals surface area contributed by atoms with Crippen molar-refractivity contribution in [1.82, 2.24) is 5.32 Å². The highest BCUT2D eigenvalue weighted by Gasteiger charge is 2.15. The summed E-state index contributed by atoms with van der Waals surface area (Å²) in [5.41, 5.74) is 5.54. The number of nitrogens with two attached hydrogens (primary N) is 1. The summed E-state index contributed by atoms with van der Waals surface area (Å²) >= 11 is 0. The molecule has 0 heterocycles. The number of benzene rings is 1. The van der Waals surface area contributed by atoms with E-state index in [2.05, 4.69) is 5.32 Å². The number of hydrogen-bond acceptors (Lipinski definition) is 5. The van der Waals surface area contributed by atoms with Crippen LogP contribution in [0.2, 0.25) is 0 Å². The SMILES string of the molecule is COCC(C)NC(=O)c1ccc([N+](=O)[O-])c(N)c1. The van der Waals surface area contributed by atoms with E-state index in [0.29, 0.717) is 6.61 Å². The predicted octanol–water partition coefficient (Wildman–Crippen LogP) is 0.942. The fourth-order valence-corrected chi connectivity index (χ4v) is 1.46. The zero-order valence-electron chi connectivity index (χ0n) is 10.2. The van der Waals surface area contributed by atoms with Gasteiger partial charge in [-0.1, -0.05) is 0 Å². The Morgan fingerprint density at radius 1 is 1.61 bits per heavy atom. The molecule has 7 heteroatoms. The molecule has 0 aliphatic heterocycles. The Balaban J connectivity index is 2.81. The van der Waals surface area contributed by atoms with Gasteiger partial charge in [0.1, 0.15) is 5.69 Å². The molecule has 98 valence electrons. The molecule has 0 bridgehead atoms. The van der Waals surface area contributed by atoms with Gasteiger partial charge in [0, 0.05) is 24.8 Å². The van der Waals surface area contributed by atoms with Crippen molar-refractivity contribution in [2.24, 2.45) is 0 Å². The summed E-state index contributed by atoms with van der Waals surface area (Å²) in [6.07, 6.45) is 0. The van der Waals surface area contributed by atoms with Crippen molar-refractivity contribution in [3.8, 4) is 0 Å². The Hall–Kier alpha value is -2.15. The summed E-state index contributed by atoms with van der Waals surface area (Å²) in [4.78, 5) is 21.8. The van der Waals surface area contributed by atoms with Gasteiger partial charge in [-0.05, 0) is 19.1 Å². The summed E-state index contributed by atoms with van der Waals surface area (Å²) in [5.74, 6) is -0.346. The second-order valence-electron chi connectivity index (χ2n) is 3.86. The number of carbonyl (C=O) groups excluding carboxylic acids is 1. The lowest BCUT2D eigenvalue weighted by Gasteiger charge is -2.12. The van der Waals surface area contributed by atoms with E-state index >= 15 is 0 Å². The second-order valence-corrected chi connectivity index (χ2v) is 3.86. The summed E-state index contributed by atoms with van der Waals surface area (Å²) in [6.45, 7) is 2.17. The van der Waals surface area contributed by atoms with Crippen molar-refractivity contribution < 1.29 is 14.5 Å². The van der Waals surface area contributed by atoms with Crippen LogP contribution < -0.4 is 11.1 Å². The van der Waals surface area contributed by atoms with Crippen LogP contribution >= 0.6 is 0 Å². The molecule has 1 unspecified atom stereocenters. The molecule has 0 spiro atoms. The van der Waals surface area contributed by atoms with Gasteiger partial charge in [-0.3, -0.25) is 14.9 Å². The Kier molecular flexibility index (Phi) is 4.61. The molecule has 1 aromatic carbocycles. The molecular formula is C11H15N3O4. The molecule has 1 aromatic rings. The van der Waals surface area contributed by atoms with E-state index in [9.17, 15) is 14.9 Å². The van der Waals surface area contributed by atoms with Crippen LogP contribution in [0.5, 0.6) is 0 Å². The third kappa shape index (κ3) is 3.42. The van der Waals surface area contributed by atoms with E-state index < -0.39 is 4.92 Å². The lowest BCUT2D eigenvalue weighted by atomic mass is 10.1. The molecule has 7 nitrogen and oxygen atoms in total. The van der Waals surface area contributed by atoms with Gasteiger partial charge in [0.05, 0.1) is 11.5 Å². The number of nitrogens with zero attached hydrogens (tertiary/aromatic N) is 1. The van der Waals surface area contributed by atoms with E-state index in [-0.39, 0.29) is 28.9 Å². The van der Waals surface area contributed by atoms with Crippen LogP contribution in [0.15, 0.2) is 18.2 Å². The topological polar surface area (TPSA) is 107 Å². The molecule has 1 rings (SSSR count). The van der Waals surface area contributed by atoms with E-state index in [1.54, 1.807) is 6.92 Å². The number of ether oxygens (including phenoxy) is 1. The van der Waals surface area contributed by atoms with Crippen molar-refractivity contribution in [3.63, 3.8) is 0 Å². The molecule has 3 N–H and O–H groups in total. The van der Waals surface area contributed by atoms with Crippen molar-refractivity contribution >= 4 is 17.3 Å². The van der Waals surface area contributed by atoms with Crippen molar-refractivity contribution in [2.45, 2.75) is 13.0 Å². The summed E-state index contributed by atoms with van der Waals surface area (Å²) in [5, 5.41) is 13.3. The molecule has 18 heavy (non-hydrogen) atoms. The quantitative estimate of drug-likeness (QED) is 0.461. The normalized spacial score (nSPS) is 11.9. The smallest absolute Gasteiger partial charge is 0.292 e. The van der Waals surface area contributed by atoms with Gasteiger partial charge < -0.3 is 15.8 Å². The van der Waals surface area contributed by atoms with Crippen LogP contribution in [0, 0.1) is 10.1 Å². The van der Waals surface area contributed by atoms with E-state index in [1.165, 1.54) is 25.3 Å². The zero-order chi connectivity index (χ0) is 13.7. The minimum absolute atomic E-state index is 0.0351. The van der Waals surface area contributed by atoms with Gasteiger partial charge >= 0.3 is 0 Å². The Bertz CT molecular complexity index is 462. The third-order valence-corrected chi connectivity index (χ3v) is 2.28. The lowest BCUT2D eigenvalue weighted by molar-refractivity contribution is -0.383. The number of nitro benzene ring substituents is 1. The molecule has 0 saturated heterocycles. The minimum atomic E-state index is -0.593. The molecule has 0 aromatic heterocycles. The third-order valence-electron chi connectivity index (χ3n) is 2.28. The van der Waals surface area contributed by atoms with Gasteiger partial charge in [0.2, 0.25) is 0 Å². The van der Waals surface area contributed by atoms with Gasteiger partial charge in [-0.15, -0.1) is 0 Å². The second kappa shape index (κ2) is 5.97. The maximum absolute atomic E-state index is 11.8. The van der Waals surface area contributed by atoms with Crippen LogP contribution in [0.25, 0.3) is 0 Å². The van der Waals surface area contributed by atoms with E-state index in [4.69, 9.17) is 10.5 Å². The van der Waals surface area contributed by atoms with Gasteiger partial charge in [0.15, 0.2) is 0 Å². The number of nitro groups is 1. The van der Waals surface area contributed by atoms with Crippen LogP contribution in [0.1, 0.15) is 17.3 Å². The maximum atomic E-state index is 11.8. The molecule has 0 radical (unpaired) electrons. The first-order valence-corrected chi connectivity index (χ1v) is 5.29. The number of nitrogen functional groups attached to an aromatic ring is 1. The zero-order valence-corrected chi connectivity index (χ0v) is 10.2. The number of rotatable bonds is 5. The summed E-state index contributed by atoms with van der Waals surface area (Å²) in [6, 6.07) is 3.71. The Labute approximate surface area is 104 Å². The summed E-state index contributed by atoms with van der Waals surface area (Å²) in [7, 11) is 1.53. The molecule has 1 atom stereocenters.